The van der Waals surface area contributed by atoms with Gasteiger partial charge in [0.15, 0.2) is 0 Å². The first-order chi connectivity index (χ1) is 9.28. The number of hydrogen-bond donors (Lipinski definition) is 0. The summed E-state index contributed by atoms with van der Waals surface area (Å²) >= 11 is 9.10. The molecule has 19 heavy (non-hydrogen) atoms. The van der Waals surface area contributed by atoms with E-state index in [4.69, 9.17) is 21.1 Å². The van der Waals surface area contributed by atoms with Gasteiger partial charge >= 0.3 is 0 Å². The molecular formula is C15H14BrClO2. The number of halogens is 2. The number of alkyl halides is 1. The zero-order chi connectivity index (χ0) is 13.5. The largest absolute Gasteiger partial charge is 0.490 e. The average Bonchev–Trinajstić information content (AvgIpc) is 2.46. The van der Waals surface area contributed by atoms with Gasteiger partial charge in [-0.15, -0.1) is 11.6 Å². The molecule has 2 rings (SSSR count). The maximum absolute atomic E-state index is 5.72. The SMILES string of the molecule is ClCc1ccc(OCCOc2ccc(Br)cc2)cc1. The summed E-state index contributed by atoms with van der Waals surface area (Å²) in [6.45, 7) is 1.02. The molecule has 0 saturated heterocycles. The molecule has 4 heteroatoms. The van der Waals surface area contributed by atoms with Crippen LogP contribution in [0.5, 0.6) is 11.5 Å². The lowest BCUT2D eigenvalue weighted by atomic mass is 10.2. The lowest BCUT2D eigenvalue weighted by molar-refractivity contribution is 0.217. The molecule has 0 heterocycles. The Bertz CT molecular complexity index is 497. The van der Waals surface area contributed by atoms with Crippen LogP contribution in [0, 0.1) is 0 Å². The maximum Gasteiger partial charge on any atom is 0.122 e. The molecule has 2 aromatic rings. The third-order valence-electron chi connectivity index (χ3n) is 2.51. The first-order valence-electron chi connectivity index (χ1n) is 5.94. The minimum atomic E-state index is 0.510. The van der Waals surface area contributed by atoms with Crippen molar-refractivity contribution >= 4 is 27.5 Å². The quantitative estimate of drug-likeness (QED) is 0.562. The van der Waals surface area contributed by atoms with Crippen LogP contribution in [0.1, 0.15) is 5.56 Å². The van der Waals surface area contributed by atoms with E-state index in [1.807, 2.05) is 48.5 Å². The van der Waals surface area contributed by atoms with E-state index in [0.29, 0.717) is 19.1 Å². The molecule has 0 aliphatic carbocycles. The zero-order valence-electron chi connectivity index (χ0n) is 10.3. The lowest BCUT2D eigenvalue weighted by Crippen LogP contribution is -2.08. The lowest BCUT2D eigenvalue weighted by Gasteiger charge is -2.08. The van der Waals surface area contributed by atoms with Crippen molar-refractivity contribution in [2.75, 3.05) is 13.2 Å². The van der Waals surface area contributed by atoms with Crippen molar-refractivity contribution < 1.29 is 9.47 Å². The fourth-order valence-corrected chi connectivity index (χ4v) is 1.97. The summed E-state index contributed by atoms with van der Waals surface area (Å²) in [7, 11) is 0. The van der Waals surface area contributed by atoms with Crippen molar-refractivity contribution in [3.05, 3.63) is 58.6 Å². The summed E-state index contributed by atoms with van der Waals surface area (Å²) in [5.41, 5.74) is 1.08. The van der Waals surface area contributed by atoms with Crippen LogP contribution in [-0.4, -0.2) is 13.2 Å². The van der Waals surface area contributed by atoms with Gasteiger partial charge in [0, 0.05) is 10.4 Å². The van der Waals surface area contributed by atoms with E-state index in [2.05, 4.69) is 15.9 Å². The third kappa shape index (κ3) is 4.77. The van der Waals surface area contributed by atoms with E-state index in [-0.39, 0.29) is 0 Å². The molecule has 0 unspecified atom stereocenters. The number of benzene rings is 2. The summed E-state index contributed by atoms with van der Waals surface area (Å²) in [6, 6.07) is 15.5. The Morgan fingerprint density at radius 1 is 0.789 bits per heavy atom. The fraction of sp³-hybridized carbons (Fsp3) is 0.200. The van der Waals surface area contributed by atoms with Crippen LogP contribution in [0.2, 0.25) is 0 Å². The highest BCUT2D eigenvalue weighted by atomic mass is 79.9. The average molecular weight is 342 g/mol. The molecule has 0 aliphatic rings. The van der Waals surface area contributed by atoms with Crippen LogP contribution in [0.25, 0.3) is 0 Å². The molecule has 0 amide bonds. The van der Waals surface area contributed by atoms with Gasteiger partial charge in [0.2, 0.25) is 0 Å². The van der Waals surface area contributed by atoms with Crippen molar-refractivity contribution in [1.82, 2.24) is 0 Å². The normalized spacial score (nSPS) is 10.2. The van der Waals surface area contributed by atoms with Crippen molar-refractivity contribution in [2.45, 2.75) is 5.88 Å². The van der Waals surface area contributed by atoms with Crippen LogP contribution in [0.3, 0.4) is 0 Å². The smallest absolute Gasteiger partial charge is 0.122 e. The zero-order valence-corrected chi connectivity index (χ0v) is 12.7. The Morgan fingerprint density at radius 2 is 1.26 bits per heavy atom. The molecule has 0 aromatic heterocycles. The van der Waals surface area contributed by atoms with Gasteiger partial charge in [-0.05, 0) is 42.0 Å². The first kappa shape index (κ1) is 14.2. The van der Waals surface area contributed by atoms with E-state index in [1.165, 1.54) is 0 Å². The summed E-state index contributed by atoms with van der Waals surface area (Å²) in [5.74, 6) is 2.19. The van der Waals surface area contributed by atoms with Crippen LogP contribution < -0.4 is 9.47 Å². The van der Waals surface area contributed by atoms with Crippen LogP contribution in [-0.2, 0) is 5.88 Å². The predicted octanol–water partition coefficient (Wildman–Crippen LogP) is 4.65. The van der Waals surface area contributed by atoms with Gasteiger partial charge < -0.3 is 9.47 Å². The number of rotatable bonds is 6. The van der Waals surface area contributed by atoms with Crippen LogP contribution in [0.4, 0.5) is 0 Å². The van der Waals surface area contributed by atoms with Crippen molar-refractivity contribution in [3.8, 4) is 11.5 Å². The molecule has 0 atom stereocenters. The van der Waals surface area contributed by atoms with Crippen molar-refractivity contribution in [3.63, 3.8) is 0 Å². The van der Waals surface area contributed by atoms with Gasteiger partial charge in [0.25, 0.3) is 0 Å². The Balaban J connectivity index is 1.72. The van der Waals surface area contributed by atoms with E-state index < -0.39 is 0 Å². The Labute approximate surface area is 126 Å². The number of ether oxygens (including phenoxy) is 2. The van der Waals surface area contributed by atoms with Gasteiger partial charge in [0.05, 0.1) is 0 Å². The highest BCUT2D eigenvalue weighted by Crippen LogP contribution is 2.16. The maximum atomic E-state index is 5.72. The second kappa shape index (κ2) is 7.41. The van der Waals surface area contributed by atoms with Gasteiger partial charge in [-0.25, -0.2) is 0 Å². The summed E-state index contributed by atoms with van der Waals surface area (Å²) in [5, 5.41) is 0. The molecule has 100 valence electrons. The molecule has 0 N–H and O–H groups in total. The molecule has 0 aliphatic heterocycles. The molecule has 0 fully saturated rings. The van der Waals surface area contributed by atoms with E-state index in [0.717, 1.165) is 21.5 Å². The van der Waals surface area contributed by atoms with E-state index in [9.17, 15) is 0 Å². The van der Waals surface area contributed by atoms with Crippen LogP contribution >= 0.6 is 27.5 Å². The topological polar surface area (TPSA) is 18.5 Å². The Kier molecular flexibility index (Phi) is 5.55. The monoisotopic (exact) mass is 340 g/mol. The molecule has 0 radical (unpaired) electrons. The summed E-state index contributed by atoms with van der Waals surface area (Å²) < 4.78 is 12.2. The molecule has 0 spiro atoms. The second-order valence-electron chi connectivity index (χ2n) is 3.93. The second-order valence-corrected chi connectivity index (χ2v) is 5.11. The molecule has 2 aromatic carbocycles. The summed E-state index contributed by atoms with van der Waals surface area (Å²) in [4.78, 5) is 0. The van der Waals surface area contributed by atoms with Crippen molar-refractivity contribution in [2.24, 2.45) is 0 Å². The first-order valence-corrected chi connectivity index (χ1v) is 7.27. The van der Waals surface area contributed by atoms with Crippen molar-refractivity contribution in [1.29, 1.82) is 0 Å². The van der Waals surface area contributed by atoms with Gasteiger partial charge in [-0.3, -0.25) is 0 Å². The standard InChI is InChI=1S/C15H14BrClO2/c16-13-3-7-15(8-4-13)19-10-9-18-14-5-1-12(11-17)2-6-14/h1-8H,9-11H2. The van der Waals surface area contributed by atoms with Crippen LogP contribution in [0.15, 0.2) is 53.0 Å². The molecular weight excluding hydrogens is 328 g/mol. The van der Waals surface area contributed by atoms with Gasteiger partial charge in [0.1, 0.15) is 24.7 Å². The minimum absolute atomic E-state index is 0.510. The minimum Gasteiger partial charge on any atom is -0.490 e. The number of hydrogen-bond acceptors (Lipinski definition) is 2. The summed E-state index contributed by atoms with van der Waals surface area (Å²) in [6.07, 6.45) is 0. The predicted molar refractivity (Wildman–Crippen MR) is 81.1 cm³/mol. The Hall–Kier alpha value is -1.19. The van der Waals surface area contributed by atoms with Gasteiger partial charge in [-0.2, -0.15) is 0 Å². The van der Waals surface area contributed by atoms with E-state index >= 15 is 0 Å². The molecule has 0 bridgehead atoms. The molecule has 0 saturated carbocycles. The highest BCUT2D eigenvalue weighted by Gasteiger charge is 1.96. The van der Waals surface area contributed by atoms with E-state index in [1.54, 1.807) is 0 Å². The molecule has 2 nitrogen and oxygen atoms in total. The highest BCUT2D eigenvalue weighted by molar-refractivity contribution is 9.10. The Morgan fingerprint density at radius 3 is 1.74 bits per heavy atom. The van der Waals surface area contributed by atoms with Gasteiger partial charge in [-0.1, -0.05) is 28.1 Å². The fourth-order valence-electron chi connectivity index (χ4n) is 1.52. The third-order valence-corrected chi connectivity index (χ3v) is 3.35.